The number of nitrogens with zero attached hydrogens (tertiary/aromatic N) is 4. The minimum atomic E-state index is -0.314. The highest BCUT2D eigenvalue weighted by Crippen LogP contribution is 2.32. The lowest BCUT2D eigenvalue weighted by molar-refractivity contribution is 0.226. The third-order valence-electron chi connectivity index (χ3n) is 4.87. The SMILES string of the molecule is CCN1CCC[C@@H](Nc2nnc(-c3c(C)cc(Cl)cc3O)c(=O)n2C)C1. The minimum absolute atomic E-state index is 0.0759. The number of halogens is 1. The number of hydrogen-bond acceptors (Lipinski definition) is 6. The molecule has 0 bridgehead atoms. The first-order valence-electron chi connectivity index (χ1n) is 8.82. The molecule has 7 nitrogen and oxygen atoms in total. The molecule has 1 atom stereocenters. The summed E-state index contributed by atoms with van der Waals surface area (Å²) in [7, 11) is 1.66. The summed E-state index contributed by atoms with van der Waals surface area (Å²) in [5.41, 5.74) is 0.840. The highest BCUT2D eigenvalue weighted by molar-refractivity contribution is 6.31. The largest absolute Gasteiger partial charge is 0.507 e. The van der Waals surface area contributed by atoms with Crippen LogP contribution < -0.4 is 10.9 Å². The first kappa shape index (κ1) is 18.7. The van der Waals surface area contributed by atoms with E-state index in [1.54, 1.807) is 20.0 Å². The van der Waals surface area contributed by atoms with Crippen LogP contribution in [0.25, 0.3) is 11.3 Å². The van der Waals surface area contributed by atoms with E-state index in [1.807, 2.05) is 0 Å². The van der Waals surface area contributed by atoms with Crippen molar-refractivity contribution in [3.8, 4) is 17.0 Å². The van der Waals surface area contributed by atoms with E-state index in [2.05, 4.69) is 27.3 Å². The van der Waals surface area contributed by atoms with Crippen LogP contribution in [0.15, 0.2) is 16.9 Å². The second-order valence-corrected chi connectivity index (χ2v) is 7.17. The van der Waals surface area contributed by atoms with Gasteiger partial charge in [0.1, 0.15) is 5.75 Å². The number of likely N-dealkylation sites (tertiary alicyclic amines) is 1. The number of phenolic OH excluding ortho intramolecular Hbond substituents is 1. The van der Waals surface area contributed by atoms with Gasteiger partial charge >= 0.3 is 0 Å². The maximum Gasteiger partial charge on any atom is 0.281 e. The normalized spacial score (nSPS) is 18.1. The van der Waals surface area contributed by atoms with Gasteiger partial charge < -0.3 is 15.3 Å². The zero-order valence-electron chi connectivity index (χ0n) is 15.3. The molecule has 1 fully saturated rings. The van der Waals surface area contributed by atoms with E-state index in [9.17, 15) is 9.90 Å². The van der Waals surface area contributed by atoms with Crippen molar-refractivity contribution in [3.63, 3.8) is 0 Å². The van der Waals surface area contributed by atoms with Crippen molar-refractivity contribution in [3.05, 3.63) is 33.1 Å². The van der Waals surface area contributed by atoms with Gasteiger partial charge in [0.2, 0.25) is 5.95 Å². The summed E-state index contributed by atoms with van der Waals surface area (Å²) >= 11 is 5.94. The molecule has 1 aromatic carbocycles. The van der Waals surface area contributed by atoms with Crippen molar-refractivity contribution in [2.24, 2.45) is 7.05 Å². The van der Waals surface area contributed by atoms with Crippen LogP contribution in [0.2, 0.25) is 5.02 Å². The molecule has 1 saturated heterocycles. The van der Waals surface area contributed by atoms with Gasteiger partial charge in [-0.3, -0.25) is 9.36 Å². The highest BCUT2D eigenvalue weighted by Gasteiger charge is 2.22. The lowest BCUT2D eigenvalue weighted by Crippen LogP contribution is -2.43. The van der Waals surface area contributed by atoms with Gasteiger partial charge in [-0.05, 0) is 50.6 Å². The molecule has 0 saturated carbocycles. The number of rotatable bonds is 4. The molecular formula is C18H24ClN5O2. The molecule has 0 unspecified atom stereocenters. The van der Waals surface area contributed by atoms with E-state index in [0.29, 0.717) is 22.1 Å². The quantitative estimate of drug-likeness (QED) is 0.851. The Balaban J connectivity index is 1.91. The average molecular weight is 378 g/mol. The lowest BCUT2D eigenvalue weighted by atomic mass is 10.0. The van der Waals surface area contributed by atoms with E-state index in [-0.39, 0.29) is 23.0 Å². The minimum Gasteiger partial charge on any atom is -0.507 e. The van der Waals surface area contributed by atoms with E-state index < -0.39 is 0 Å². The van der Waals surface area contributed by atoms with Gasteiger partial charge in [-0.15, -0.1) is 10.2 Å². The fraction of sp³-hybridized carbons (Fsp3) is 0.500. The van der Waals surface area contributed by atoms with Gasteiger partial charge in [0.15, 0.2) is 5.69 Å². The van der Waals surface area contributed by atoms with Crippen molar-refractivity contribution in [2.75, 3.05) is 25.0 Å². The Morgan fingerprint density at radius 3 is 2.85 bits per heavy atom. The zero-order valence-corrected chi connectivity index (χ0v) is 16.0. The summed E-state index contributed by atoms with van der Waals surface area (Å²) in [6.07, 6.45) is 2.15. The van der Waals surface area contributed by atoms with Crippen molar-refractivity contribution in [1.82, 2.24) is 19.7 Å². The Morgan fingerprint density at radius 1 is 1.38 bits per heavy atom. The number of aryl methyl sites for hydroxylation is 1. The molecular weight excluding hydrogens is 354 g/mol. The maximum absolute atomic E-state index is 12.8. The van der Waals surface area contributed by atoms with Gasteiger partial charge in [-0.25, -0.2) is 0 Å². The van der Waals surface area contributed by atoms with Crippen molar-refractivity contribution in [1.29, 1.82) is 0 Å². The van der Waals surface area contributed by atoms with Gasteiger partial charge in [0.05, 0.1) is 5.56 Å². The topological polar surface area (TPSA) is 83.3 Å². The number of anilines is 1. The van der Waals surface area contributed by atoms with E-state index in [4.69, 9.17) is 11.6 Å². The van der Waals surface area contributed by atoms with Gasteiger partial charge in [-0.1, -0.05) is 18.5 Å². The number of aromatic hydroxyl groups is 1. The summed E-state index contributed by atoms with van der Waals surface area (Å²) in [4.78, 5) is 15.2. The van der Waals surface area contributed by atoms with Crippen LogP contribution in [0.1, 0.15) is 25.3 Å². The molecule has 1 aromatic heterocycles. The zero-order chi connectivity index (χ0) is 18.8. The smallest absolute Gasteiger partial charge is 0.281 e. The molecule has 1 aliphatic heterocycles. The standard InChI is InChI=1S/C18H24ClN5O2/c1-4-24-7-5-6-13(10-24)20-18-22-21-16(17(26)23(18)3)15-11(2)8-12(19)9-14(15)25/h8-9,13,25H,4-7,10H2,1-3H3,(H,20,22)/t13-/m1/s1. The molecule has 140 valence electrons. The molecule has 0 radical (unpaired) electrons. The molecule has 0 aliphatic carbocycles. The predicted octanol–water partition coefficient (Wildman–Crippen LogP) is 2.41. The first-order chi connectivity index (χ1) is 12.4. The fourth-order valence-corrected chi connectivity index (χ4v) is 3.69. The maximum atomic E-state index is 12.8. The van der Waals surface area contributed by atoms with Crippen LogP contribution >= 0.6 is 11.6 Å². The van der Waals surface area contributed by atoms with Crippen molar-refractivity contribution < 1.29 is 5.11 Å². The molecule has 0 amide bonds. The number of nitrogens with one attached hydrogen (secondary N) is 1. The molecule has 8 heteroatoms. The Kier molecular flexibility index (Phi) is 5.48. The molecule has 26 heavy (non-hydrogen) atoms. The molecule has 2 aromatic rings. The Hall–Kier alpha value is -2.12. The summed E-state index contributed by atoms with van der Waals surface area (Å²) in [6, 6.07) is 3.32. The number of benzene rings is 1. The van der Waals surface area contributed by atoms with Crippen molar-refractivity contribution in [2.45, 2.75) is 32.7 Å². The third kappa shape index (κ3) is 3.68. The first-order valence-corrected chi connectivity index (χ1v) is 9.20. The summed E-state index contributed by atoms with van der Waals surface area (Å²) in [5, 5.41) is 22.3. The monoisotopic (exact) mass is 377 g/mol. The summed E-state index contributed by atoms with van der Waals surface area (Å²) < 4.78 is 1.45. The van der Waals surface area contributed by atoms with Gasteiger partial charge in [0, 0.05) is 24.7 Å². The number of phenols is 1. The predicted molar refractivity (Wildman–Crippen MR) is 103 cm³/mol. The summed E-state index contributed by atoms with van der Waals surface area (Å²) in [6.45, 7) is 6.96. The Labute approximate surface area is 157 Å². The number of piperidine rings is 1. The van der Waals surface area contributed by atoms with Crippen LogP contribution in [0, 0.1) is 6.92 Å². The fourth-order valence-electron chi connectivity index (χ4n) is 3.42. The number of likely N-dealkylation sites (N-methyl/N-ethyl adjacent to an activating group) is 1. The number of hydrogen-bond donors (Lipinski definition) is 2. The summed E-state index contributed by atoms with van der Waals surface area (Å²) in [5.74, 6) is 0.362. The molecule has 1 aliphatic rings. The molecule has 3 rings (SSSR count). The third-order valence-corrected chi connectivity index (χ3v) is 5.09. The second kappa shape index (κ2) is 7.63. The Morgan fingerprint density at radius 2 is 2.15 bits per heavy atom. The Bertz CT molecular complexity index is 844. The van der Waals surface area contributed by atoms with Gasteiger partial charge in [0.25, 0.3) is 5.56 Å². The average Bonchev–Trinajstić information content (AvgIpc) is 2.60. The van der Waals surface area contributed by atoms with Crippen LogP contribution in [0.4, 0.5) is 5.95 Å². The van der Waals surface area contributed by atoms with Crippen LogP contribution in [-0.4, -0.2) is 50.4 Å². The molecule has 0 spiro atoms. The van der Waals surface area contributed by atoms with E-state index >= 15 is 0 Å². The lowest BCUT2D eigenvalue weighted by Gasteiger charge is -2.32. The molecule has 2 heterocycles. The van der Waals surface area contributed by atoms with E-state index in [1.165, 1.54) is 10.6 Å². The number of aromatic nitrogens is 3. The van der Waals surface area contributed by atoms with Crippen LogP contribution in [0.3, 0.4) is 0 Å². The second-order valence-electron chi connectivity index (χ2n) is 6.73. The molecule has 2 N–H and O–H groups in total. The van der Waals surface area contributed by atoms with Crippen LogP contribution in [0.5, 0.6) is 5.75 Å². The van der Waals surface area contributed by atoms with Gasteiger partial charge in [-0.2, -0.15) is 0 Å². The van der Waals surface area contributed by atoms with E-state index in [0.717, 1.165) is 32.5 Å². The van der Waals surface area contributed by atoms with Crippen LogP contribution in [-0.2, 0) is 7.05 Å². The highest BCUT2D eigenvalue weighted by atomic mass is 35.5. The van der Waals surface area contributed by atoms with Crippen molar-refractivity contribution >= 4 is 17.5 Å².